The lowest BCUT2D eigenvalue weighted by atomic mass is 10.0. The highest BCUT2D eigenvalue weighted by molar-refractivity contribution is 7.90. The van der Waals surface area contributed by atoms with Crippen molar-refractivity contribution >= 4 is 21.4 Å². The van der Waals surface area contributed by atoms with E-state index < -0.39 is 9.84 Å². The summed E-state index contributed by atoms with van der Waals surface area (Å²) in [5.41, 5.74) is 2.62. The lowest BCUT2D eigenvalue weighted by Crippen LogP contribution is -2.20. The molecule has 0 saturated carbocycles. The fourth-order valence-corrected chi connectivity index (χ4v) is 3.21. The zero-order valence-corrected chi connectivity index (χ0v) is 15.6. The highest BCUT2D eigenvalue weighted by atomic mass is 32.2. The maximum absolute atomic E-state index is 12.3. The molecule has 1 N–H and O–H groups in total. The Balaban J connectivity index is 1.65. The van der Waals surface area contributed by atoms with Crippen molar-refractivity contribution in [3.8, 4) is 16.9 Å². The van der Waals surface area contributed by atoms with Crippen LogP contribution in [0.25, 0.3) is 11.1 Å². The molecule has 1 amide bonds. The molecule has 5 nitrogen and oxygen atoms in total. The molecule has 0 spiro atoms. The maximum atomic E-state index is 12.3. The van der Waals surface area contributed by atoms with E-state index in [9.17, 15) is 13.2 Å². The van der Waals surface area contributed by atoms with Crippen LogP contribution in [0.2, 0.25) is 0 Å². The van der Waals surface area contributed by atoms with Crippen LogP contribution in [0.5, 0.6) is 5.75 Å². The van der Waals surface area contributed by atoms with Crippen molar-refractivity contribution in [3.05, 3.63) is 78.9 Å². The van der Waals surface area contributed by atoms with Gasteiger partial charge >= 0.3 is 0 Å². The Morgan fingerprint density at radius 3 is 2.19 bits per heavy atom. The van der Waals surface area contributed by atoms with Crippen molar-refractivity contribution in [2.45, 2.75) is 4.90 Å². The number of sulfone groups is 1. The van der Waals surface area contributed by atoms with Gasteiger partial charge in [0.15, 0.2) is 16.4 Å². The lowest BCUT2D eigenvalue weighted by Gasteiger charge is -2.12. The molecule has 0 fully saturated rings. The van der Waals surface area contributed by atoms with E-state index in [0.29, 0.717) is 11.4 Å². The molecule has 138 valence electrons. The van der Waals surface area contributed by atoms with Gasteiger partial charge in [-0.25, -0.2) is 8.42 Å². The summed E-state index contributed by atoms with van der Waals surface area (Å²) in [6, 6.07) is 23.3. The normalized spacial score (nSPS) is 11.0. The van der Waals surface area contributed by atoms with Crippen molar-refractivity contribution in [2.24, 2.45) is 0 Å². The molecule has 0 aliphatic heterocycles. The van der Waals surface area contributed by atoms with Gasteiger partial charge in [-0.15, -0.1) is 0 Å². The summed E-state index contributed by atoms with van der Waals surface area (Å²) in [5, 5.41) is 2.86. The fourth-order valence-electron chi connectivity index (χ4n) is 2.58. The molecule has 3 aromatic carbocycles. The summed E-state index contributed by atoms with van der Waals surface area (Å²) in [6.07, 6.45) is 1.14. The number of anilines is 1. The van der Waals surface area contributed by atoms with Crippen LogP contribution in [0.1, 0.15) is 0 Å². The molecule has 0 heterocycles. The number of ether oxygens (including phenoxy) is 1. The van der Waals surface area contributed by atoms with Gasteiger partial charge in [-0.1, -0.05) is 48.5 Å². The Kier molecular flexibility index (Phi) is 5.57. The number of rotatable bonds is 6. The van der Waals surface area contributed by atoms with Gasteiger partial charge < -0.3 is 10.1 Å². The largest absolute Gasteiger partial charge is 0.484 e. The SMILES string of the molecule is CS(=O)(=O)c1ccc(OCC(=O)Nc2ccccc2-c2ccccc2)cc1. The Bertz CT molecular complexity index is 1030. The fraction of sp³-hybridized carbons (Fsp3) is 0.0952. The summed E-state index contributed by atoms with van der Waals surface area (Å²) in [7, 11) is -3.26. The van der Waals surface area contributed by atoms with Crippen LogP contribution in [0.15, 0.2) is 83.8 Å². The quantitative estimate of drug-likeness (QED) is 0.705. The monoisotopic (exact) mass is 381 g/mol. The highest BCUT2D eigenvalue weighted by Crippen LogP contribution is 2.27. The Morgan fingerprint density at radius 1 is 0.889 bits per heavy atom. The van der Waals surface area contributed by atoms with E-state index in [-0.39, 0.29) is 17.4 Å². The second kappa shape index (κ2) is 8.05. The molecule has 0 saturated heterocycles. The Labute approximate surface area is 158 Å². The first-order valence-electron chi connectivity index (χ1n) is 8.31. The minimum atomic E-state index is -3.26. The van der Waals surface area contributed by atoms with Crippen LogP contribution >= 0.6 is 0 Å². The number of nitrogens with one attached hydrogen (secondary N) is 1. The minimum absolute atomic E-state index is 0.179. The smallest absolute Gasteiger partial charge is 0.262 e. The van der Waals surface area contributed by atoms with E-state index in [4.69, 9.17) is 4.74 Å². The third-order valence-corrected chi connectivity index (χ3v) is 5.04. The van der Waals surface area contributed by atoms with E-state index in [2.05, 4.69) is 5.32 Å². The van der Waals surface area contributed by atoms with E-state index in [1.165, 1.54) is 24.3 Å². The molecular weight excluding hydrogens is 362 g/mol. The number of amides is 1. The van der Waals surface area contributed by atoms with Gasteiger partial charge in [0.2, 0.25) is 0 Å². The van der Waals surface area contributed by atoms with Crippen molar-refractivity contribution in [3.63, 3.8) is 0 Å². The third kappa shape index (κ3) is 4.95. The predicted octanol–water partition coefficient (Wildman–Crippen LogP) is 3.77. The lowest BCUT2D eigenvalue weighted by molar-refractivity contribution is -0.118. The zero-order valence-electron chi connectivity index (χ0n) is 14.8. The Hall–Kier alpha value is -3.12. The number of carbonyl (C=O) groups excluding carboxylic acids is 1. The van der Waals surface area contributed by atoms with Crippen LogP contribution in [0.4, 0.5) is 5.69 Å². The van der Waals surface area contributed by atoms with Gasteiger partial charge in [-0.05, 0) is 35.9 Å². The van der Waals surface area contributed by atoms with Crippen molar-refractivity contribution in [1.82, 2.24) is 0 Å². The first kappa shape index (κ1) is 18.7. The molecule has 0 unspecified atom stereocenters. The molecule has 0 aliphatic carbocycles. The minimum Gasteiger partial charge on any atom is -0.484 e. The number of hydrogen-bond acceptors (Lipinski definition) is 4. The van der Waals surface area contributed by atoms with Gasteiger partial charge in [0.1, 0.15) is 5.75 Å². The van der Waals surface area contributed by atoms with Gasteiger partial charge in [-0.2, -0.15) is 0 Å². The molecule has 3 aromatic rings. The topological polar surface area (TPSA) is 72.5 Å². The standard InChI is InChI=1S/C21H19NO4S/c1-27(24,25)18-13-11-17(12-14-18)26-15-21(23)22-20-10-6-5-9-19(20)16-7-3-2-4-8-16/h2-14H,15H2,1H3,(H,22,23). The summed E-state index contributed by atoms with van der Waals surface area (Å²) >= 11 is 0. The first-order valence-corrected chi connectivity index (χ1v) is 10.2. The number of para-hydroxylation sites is 1. The van der Waals surface area contributed by atoms with Crippen LogP contribution in [-0.2, 0) is 14.6 Å². The van der Waals surface area contributed by atoms with Crippen LogP contribution in [0, 0.1) is 0 Å². The molecular formula is C21H19NO4S. The summed E-state index contributed by atoms with van der Waals surface area (Å²) in [6.45, 7) is -0.179. The summed E-state index contributed by atoms with van der Waals surface area (Å²) in [4.78, 5) is 12.5. The predicted molar refractivity (Wildman–Crippen MR) is 106 cm³/mol. The molecule has 0 radical (unpaired) electrons. The number of carbonyl (C=O) groups is 1. The second-order valence-corrected chi connectivity index (χ2v) is 8.01. The molecule has 27 heavy (non-hydrogen) atoms. The molecule has 0 bridgehead atoms. The van der Waals surface area contributed by atoms with Crippen LogP contribution in [-0.4, -0.2) is 27.2 Å². The number of hydrogen-bond donors (Lipinski definition) is 1. The zero-order chi connectivity index (χ0) is 19.3. The summed E-state index contributed by atoms with van der Waals surface area (Å²) in [5.74, 6) is 0.125. The van der Waals surface area contributed by atoms with Gasteiger partial charge in [0, 0.05) is 17.5 Å². The van der Waals surface area contributed by atoms with Crippen LogP contribution < -0.4 is 10.1 Å². The number of benzene rings is 3. The maximum Gasteiger partial charge on any atom is 0.262 e. The summed E-state index contributed by atoms with van der Waals surface area (Å²) < 4.78 is 28.4. The molecule has 0 aromatic heterocycles. The molecule has 0 atom stereocenters. The van der Waals surface area contributed by atoms with Gasteiger partial charge in [0.05, 0.1) is 4.90 Å². The second-order valence-electron chi connectivity index (χ2n) is 5.99. The van der Waals surface area contributed by atoms with Crippen molar-refractivity contribution in [1.29, 1.82) is 0 Å². The first-order chi connectivity index (χ1) is 12.9. The third-order valence-electron chi connectivity index (χ3n) is 3.91. The average molecular weight is 381 g/mol. The van der Waals surface area contributed by atoms with Gasteiger partial charge in [-0.3, -0.25) is 4.79 Å². The average Bonchev–Trinajstić information content (AvgIpc) is 2.67. The Morgan fingerprint density at radius 2 is 1.52 bits per heavy atom. The highest BCUT2D eigenvalue weighted by Gasteiger charge is 2.10. The molecule has 6 heteroatoms. The van der Waals surface area contributed by atoms with E-state index >= 15 is 0 Å². The van der Waals surface area contributed by atoms with Crippen LogP contribution in [0.3, 0.4) is 0 Å². The molecule has 3 rings (SSSR count). The molecule has 0 aliphatic rings. The van der Waals surface area contributed by atoms with Gasteiger partial charge in [0.25, 0.3) is 5.91 Å². The van der Waals surface area contributed by atoms with Crippen molar-refractivity contribution < 1.29 is 17.9 Å². The van der Waals surface area contributed by atoms with E-state index in [1.54, 1.807) is 0 Å². The van der Waals surface area contributed by atoms with E-state index in [1.807, 2.05) is 54.6 Å². The van der Waals surface area contributed by atoms with E-state index in [0.717, 1.165) is 17.4 Å². The van der Waals surface area contributed by atoms with Crippen molar-refractivity contribution in [2.75, 3.05) is 18.2 Å².